The number of rotatable bonds is 2. The molecule has 3 rings (SSSR count). The summed E-state index contributed by atoms with van der Waals surface area (Å²) in [6.45, 7) is 0. The molecule has 2 aromatic heterocycles. The van der Waals surface area contributed by atoms with Crippen LogP contribution in [0.5, 0.6) is 0 Å². The van der Waals surface area contributed by atoms with Crippen molar-refractivity contribution < 1.29 is 0 Å². The molecule has 2 aromatic rings. The third-order valence-corrected chi connectivity index (χ3v) is 4.27. The SMILES string of the molecule is NC1CCC(c2nc(-c3cccs3)n[nH]2)CC1. The zero-order chi connectivity index (χ0) is 11.7. The van der Waals surface area contributed by atoms with Gasteiger partial charge in [0, 0.05) is 12.0 Å². The van der Waals surface area contributed by atoms with Gasteiger partial charge in [0.2, 0.25) is 0 Å². The lowest BCUT2D eigenvalue weighted by Gasteiger charge is -2.23. The number of nitrogens with two attached hydrogens (primary N) is 1. The fraction of sp³-hybridized carbons (Fsp3) is 0.500. The molecule has 0 atom stereocenters. The van der Waals surface area contributed by atoms with E-state index in [4.69, 9.17) is 5.73 Å². The summed E-state index contributed by atoms with van der Waals surface area (Å²) in [6, 6.07) is 4.45. The summed E-state index contributed by atoms with van der Waals surface area (Å²) >= 11 is 1.67. The smallest absolute Gasteiger partial charge is 0.191 e. The van der Waals surface area contributed by atoms with Crippen LogP contribution in [-0.2, 0) is 0 Å². The Morgan fingerprint density at radius 1 is 1.29 bits per heavy atom. The lowest BCUT2D eigenvalue weighted by atomic mass is 9.86. The molecule has 0 saturated heterocycles. The van der Waals surface area contributed by atoms with E-state index in [9.17, 15) is 0 Å². The number of aromatic amines is 1. The number of hydrogen-bond acceptors (Lipinski definition) is 4. The van der Waals surface area contributed by atoms with Crippen LogP contribution in [0.1, 0.15) is 37.4 Å². The van der Waals surface area contributed by atoms with E-state index >= 15 is 0 Å². The Hall–Kier alpha value is -1.20. The highest BCUT2D eigenvalue weighted by Crippen LogP contribution is 2.31. The molecule has 4 nitrogen and oxygen atoms in total. The van der Waals surface area contributed by atoms with Crippen LogP contribution in [0.4, 0.5) is 0 Å². The van der Waals surface area contributed by atoms with Crippen LogP contribution in [0.15, 0.2) is 17.5 Å². The molecule has 0 amide bonds. The summed E-state index contributed by atoms with van der Waals surface area (Å²) in [5.41, 5.74) is 5.91. The summed E-state index contributed by atoms with van der Waals surface area (Å²) < 4.78 is 0. The maximum Gasteiger partial charge on any atom is 0.191 e. The molecule has 1 aliphatic rings. The lowest BCUT2D eigenvalue weighted by molar-refractivity contribution is 0.385. The monoisotopic (exact) mass is 248 g/mol. The van der Waals surface area contributed by atoms with Gasteiger partial charge in [-0.2, -0.15) is 5.10 Å². The minimum atomic E-state index is 0.380. The van der Waals surface area contributed by atoms with E-state index < -0.39 is 0 Å². The maximum atomic E-state index is 5.91. The lowest BCUT2D eigenvalue weighted by Crippen LogP contribution is -2.26. The summed E-state index contributed by atoms with van der Waals surface area (Å²) in [5.74, 6) is 2.36. The Balaban J connectivity index is 1.76. The quantitative estimate of drug-likeness (QED) is 0.858. The average molecular weight is 248 g/mol. The van der Waals surface area contributed by atoms with Crippen molar-refractivity contribution in [1.82, 2.24) is 15.2 Å². The highest BCUT2D eigenvalue weighted by atomic mass is 32.1. The molecule has 5 heteroatoms. The molecule has 0 aromatic carbocycles. The van der Waals surface area contributed by atoms with Crippen LogP contribution in [0.3, 0.4) is 0 Å². The first-order valence-electron chi connectivity index (χ1n) is 6.04. The van der Waals surface area contributed by atoms with Crippen molar-refractivity contribution in [2.24, 2.45) is 5.73 Å². The standard InChI is InChI=1S/C12H16N4S/c13-9-5-3-8(4-6-9)11-14-12(16-15-11)10-2-1-7-17-10/h1-2,7-9H,3-6,13H2,(H,14,15,16). The second kappa shape index (κ2) is 4.58. The van der Waals surface area contributed by atoms with Crippen LogP contribution in [-0.4, -0.2) is 21.2 Å². The molecule has 0 radical (unpaired) electrons. The third-order valence-electron chi connectivity index (χ3n) is 3.40. The van der Waals surface area contributed by atoms with Crippen LogP contribution in [0, 0.1) is 0 Å². The van der Waals surface area contributed by atoms with E-state index in [0.29, 0.717) is 12.0 Å². The Bertz CT molecular complexity index is 468. The molecule has 1 saturated carbocycles. The van der Waals surface area contributed by atoms with E-state index in [1.165, 1.54) is 0 Å². The highest BCUT2D eigenvalue weighted by molar-refractivity contribution is 7.13. The van der Waals surface area contributed by atoms with Crippen molar-refractivity contribution in [2.45, 2.75) is 37.6 Å². The van der Waals surface area contributed by atoms with E-state index in [0.717, 1.165) is 42.2 Å². The van der Waals surface area contributed by atoms with Gasteiger partial charge in [-0.25, -0.2) is 4.98 Å². The van der Waals surface area contributed by atoms with Gasteiger partial charge >= 0.3 is 0 Å². The minimum absolute atomic E-state index is 0.380. The van der Waals surface area contributed by atoms with Crippen molar-refractivity contribution in [3.63, 3.8) is 0 Å². The van der Waals surface area contributed by atoms with Gasteiger partial charge in [-0.05, 0) is 37.1 Å². The molecule has 17 heavy (non-hydrogen) atoms. The van der Waals surface area contributed by atoms with Crippen LogP contribution in [0.2, 0.25) is 0 Å². The Labute approximate surface area is 104 Å². The first kappa shape index (κ1) is 10.9. The largest absolute Gasteiger partial charge is 0.328 e. The summed E-state index contributed by atoms with van der Waals surface area (Å²) in [7, 11) is 0. The second-order valence-electron chi connectivity index (χ2n) is 4.63. The number of nitrogens with zero attached hydrogens (tertiary/aromatic N) is 2. The number of hydrogen-bond donors (Lipinski definition) is 2. The molecule has 3 N–H and O–H groups in total. The number of H-pyrrole nitrogens is 1. The number of aromatic nitrogens is 3. The van der Waals surface area contributed by atoms with Crippen LogP contribution < -0.4 is 5.73 Å². The molecular weight excluding hydrogens is 232 g/mol. The molecule has 0 aliphatic heterocycles. The molecule has 2 heterocycles. The van der Waals surface area contributed by atoms with Crippen molar-refractivity contribution in [2.75, 3.05) is 0 Å². The van der Waals surface area contributed by atoms with Crippen molar-refractivity contribution in [3.05, 3.63) is 23.3 Å². The number of thiophene rings is 1. The van der Waals surface area contributed by atoms with Crippen molar-refractivity contribution in [3.8, 4) is 10.7 Å². The Morgan fingerprint density at radius 3 is 2.82 bits per heavy atom. The Kier molecular flexibility index (Phi) is 2.94. The average Bonchev–Trinajstić information content (AvgIpc) is 3.00. The van der Waals surface area contributed by atoms with E-state index in [1.54, 1.807) is 11.3 Å². The first-order valence-corrected chi connectivity index (χ1v) is 6.92. The van der Waals surface area contributed by atoms with E-state index in [-0.39, 0.29) is 0 Å². The third kappa shape index (κ3) is 2.25. The molecule has 1 fully saturated rings. The van der Waals surface area contributed by atoms with Gasteiger partial charge in [-0.3, -0.25) is 5.10 Å². The van der Waals surface area contributed by atoms with Gasteiger partial charge in [-0.15, -0.1) is 11.3 Å². The summed E-state index contributed by atoms with van der Waals surface area (Å²) in [6.07, 6.45) is 4.44. The van der Waals surface area contributed by atoms with E-state index in [2.05, 4.69) is 21.2 Å². The van der Waals surface area contributed by atoms with Gasteiger partial charge < -0.3 is 5.73 Å². The fourth-order valence-electron chi connectivity index (χ4n) is 2.37. The predicted molar refractivity (Wildman–Crippen MR) is 68.9 cm³/mol. The zero-order valence-electron chi connectivity index (χ0n) is 9.60. The minimum Gasteiger partial charge on any atom is -0.328 e. The van der Waals surface area contributed by atoms with Gasteiger partial charge in [0.25, 0.3) is 0 Å². The number of nitrogens with one attached hydrogen (secondary N) is 1. The molecule has 0 unspecified atom stereocenters. The fourth-order valence-corrected chi connectivity index (χ4v) is 3.02. The maximum absolute atomic E-state index is 5.91. The van der Waals surface area contributed by atoms with Gasteiger partial charge in [0.05, 0.1) is 4.88 Å². The first-order chi connectivity index (χ1) is 8.33. The normalized spacial score (nSPS) is 25.0. The molecular formula is C12H16N4S. The van der Waals surface area contributed by atoms with Gasteiger partial charge in [-0.1, -0.05) is 6.07 Å². The Morgan fingerprint density at radius 2 is 2.12 bits per heavy atom. The van der Waals surface area contributed by atoms with Gasteiger partial charge in [0.1, 0.15) is 5.82 Å². The molecule has 0 spiro atoms. The van der Waals surface area contributed by atoms with Crippen LogP contribution in [0.25, 0.3) is 10.7 Å². The predicted octanol–water partition coefficient (Wildman–Crippen LogP) is 2.52. The second-order valence-corrected chi connectivity index (χ2v) is 5.58. The van der Waals surface area contributed by atoms with Crippen molar-refractivity contribution in [1.29, 1.82) is 0 Å². The zero-order valence-corrected chi connectivity index (χ0v) is 10.4. The van der Waals surface area contributed by atoms with E-state index in [1.807, 2.05) is 11.4 Å². The summed E-state index contributed by atoms with van der Waals surface area (Å²) in [5, 5.41) is 9.43. The van der Waals surface area contributed by atoms with Crippen molar-refractivity contribution >= 4 is 11.3 Å². The topological polar surface area (TPSA) is 67.6 Å². The summed E-state index contributed by atoms with van der Waals surface area (Å²) in [4.78, 5) is 5.73. The molecule has 90 valence electrons. The molecule has 0 bridgehead atoms. The molecule has 1 aliphatic carbocycles. The van der Waals surface area contributed by atoms with Gasteiger partial charge in [0.15, 0.2) is 5.82 Å². The van der Waals surface area contributed by atoms with Crippen LogP contribution >= 0.6 is 11.3 Å². The highest BCUT2D eigenvalue weighted by Gasteiger charge is 2.23.